The fraction of sp³-hybridized carbons (Fsp3) is 0.105. The summed E-state index contributed by atoms with van der Waals surface area (Å²) in [6, 6.07) is 15.4. The second-order valence-corrected chi connectivity index (χ2v) is 5.25. The van der Waals surface area contributed by atoms with E-state index in [4.69, 9.17) is 16.3 Å². The summed E-state index contributed by atoms with van der Waals surface area (Å²) in [4.78, 5) is 0. The molecule has 2 aromatic carbocycles. The zero-order valence-electron chi connectivity index (χ0n) is 12.3. The summed E-state index contributed by atoms with van der Waals surface area (Å²) >= 11 is 6.06. The van der Waals surface area contributed by atoms with Crippen LogP contribution in [0.25, 0.3) is 11.6 Å². The molecule has 0 unspecified atom stereocenters. The largest absolute Gasteiger partial charge is 0.489 e. The molecule has 0 heterocycles. The van der Waals surface area contributed by atoms with Gasteiger partial charge in [-0.2, -0.15) is 5.26 Å². The Morgan fingerprint density at radius 2 is 2.00 bits per heavy atom. The monoisotopic (exact) mass is 309 g/mol. The predicted molar refractivity (Wildman–Crippen MR) is 91.8 cm³/mol. The normalized spacial score (nSPS) is 10.9. The van der Waals surface area contributed by atoms with Crippen LogP contribution >= 0.6 is 11.6 Å². The summed E-state index contributed by atoms with van der Waals surface area (Å²) < 4.78 is 5.61. The van der Waals surface area contributed by atoms with E-state index in [1.807, 2.05) is 31.2 Å². The molecule has 0 amide bonds. The van der Waals surface area contributed by atoms with Crippen molar-refractivity contribution in [2.24, 2.45) is 0 Å². The lowest BCUT2D eigenvalue weighted by molar-refractivity contribution is 0.362. The fourth-order valence-electron chi connectivity index (χ4n) is 1.98. The topological polar surface area (TPSA) is 33.0 Å². The molecule has 2 nitrogen and oxygen atoms in total. The number of nitriles is 1. The maximum atomic E-state index is 9.44. The summed E-state index contributed by atoms with van der Waals surface area (Å²) in [7, 11) is 0. The molecule has 0 bridgehead atoms. The number of hydrogen-bond acceptors (Lipinski definition) is 2. The summed E-state index contributed by atoms with van der Waals surface area (Å²) in [5, 5.41) is 10.0. The standard InChI is InChI=1S/C19H16ClNO/c1-3-10-22-19-9-8-18(20)12-16(19)11-17(13-21)15-6-4-14(2)5-7-15/h3-9,11-12H,1,10H2,2H3/b17-11+. The summed E-state index contributed by atoms with van der Waals surface area (Å²) in [6.07, 6.45) is 3.46. The molecule has 2 rings (SSSR count). The molecule has 0 spiro atoms. The van der Waals surface area contributed by atoms with Gasteiger partial charge in [0.05, 0.1) is 11.6 Å². The van der Waals surface area contributed by atoms with Crippen molar-refractivity contribution >= 4 is 23.3 Å². The minimum Gasteiger partial charge on any atom is -0.489 e. The van der Waals surface area contributed by atoms with Crippen LogP contribution in [-0.4, -0.2) is 6.61 Å². The van der Waals surface area contributed by atoms with E-state index in [1.54, 1.807) is 30.4 Å². The zero-order valence-corrected chi connectivity index (χ0v) is 13.1. The molecule has 2 aromatic rings. The zero-order chi connectivity index (χ0) is 15.9. The van der Waals surface area contributed by atoms with E-state index < -0.39 is 0 Å². The van der Waals surface area contributed by atoms with Gasteiger partial charge in [0.1, 0.15) is 12.4 Å². The number of aryl methyl sites for hydroxylation is 1. The van der Waals surface area contributed by atoms with Gasteiger partial charge in [-0.15, -0.1) is 0 Å². The first-order valence-corrected chi connectivity index (χ1v) is 7.24. The Balaban J connectivity index is 2.44. The number of ether oxygens (including phenoxy) is 1. The van der Waals surface area contributed by atoms with Gasteiger partial charge >= 0.3 is 0 Å². The van der Waals surface area contributed by atoms with Crippen molar-refractivity contribution in [3.05, 3.63) is 76.8 Å². The van der Waals surface area contributed by atoms with Gasteiger partial charge in [0, 0.05) is 10.6 Å². The smallest absolute Gasteiger partial charge is 0.127 e. The summed E-state index contributed by atoms with van der Waals surface area (Å²) in [5.74, 6) is 0.671. The van der Waals surface area contributed by atoms with Gasteiger partial charge in [-0.25, -0.2) is 0 Å². The average Bonchev–Trinajstić information content (AvgIpc) is 2.53. The quantitative estimate of drug-likeness (QED) is 0.428. The maximum absolute atomic E-state index is 9.44. The van der Waals surface area contributed by atoms with Crippen molar-refractivity contribution < 1.29 is 4.74 Å². The molecule has 22 heavy (non-hydrogen) atoms. The molecule has 0 aliphatic carbocycles. The molecule has 3 heteroatoms. The van der Waals surface area contributed by atoms with Crippen LogP contribution in [-0.2, 0) is 0 Å². The lowest BCUT2D eigenvalue weighted by Crippen LogP contribution is -1.95. The number of allylic oxidation sites excluding steroid dienone is 1. The Hall–Kier alpha value is -2.50. The van der Waals surface area contributed by atoms with E-state index in [2.05, 4.69) is 12.6 Å². The van der Waals surface area contributed by atoms with Gasteiger partial charge in [0.15, 0.2) is 0 Å². The molecule has 0 aliphatic heterocycles. The van der Waals surface area contributed by atoms with Crippen LogP contribution in [0.3, 0.4) is 0 Å². The highest BCUT2D eigenvalue weighted by Gasteiger charge is 2.06. The van der Waals surface area contributed by atoms with Gasteiger partial charge in [-0.05, 0) is 36.8 Å². The highest BCUT2D eigenvalue weighted by molar-refractivity contribution is 6.30. The van der Waals surface area contributed by atoms with Crippen LogP contribution in [0.2, 0.25) is 5.02 Å². The van der Waals surface area contributed by atoms with Crippen LogP contribution in [0.5, 0.6) is 5.75 Å². The van der Waals surface area contributed by atoms with Crippen LogP contribution in [0, 0.1) is 18.3 Å². The number of benzene rings is 2. The molecular formula is C19H16ClNO. The first kappa shape index (κ1) is 15.9. The van der Waals surface area contributed by atoms with Gasteiger partial charge in [0.25, 0.3) is 0 Å². The van der Waals surface area contributed by atoms with E-state index in [1.165, 1.54) is 0 Å². The third kappa shape index (κ3) is 4.00. The molecule has 0 atom stereocenters. The van der Waals surface area contributed by atoms with E-state index in [-0.39, 0.29) is 0 Å². The first-order chi connectivity index (χ1) is 10.6. The van der Waals surface area contributed by atoms with Crippen molar-refractivity contribution in [1.82, 2.24) is 0 Å². The van der Waals surface area contributed by atoms with Crippen molar-refractivity contribution in [2.75, 3.05) is 6.61 Å². The number of nitrogens with zero attached hydrogens (tertiary/aromatic N) is 1. The van der Waals surface area contributed by atoms with E-state index in [0.29, 0.717) is 23.0 Å². The molecule has 0 saturated heterocycles. The third-order valence-corrected chi connectivity index (χ3v) is 3.35. The van der Waals surface area contributed by atoms with Crippen molar-refractivity contribution in [2.45, 2.75) is 6.92 Å². The molecular weight excluding hydrogens is 294 g/mol. The minimum atomic E-state index is 0.398. The maximum Gasteiger partial charge on any atom is 0.127 e. The molecule has 0 aliphatic rings. The van der Waals surface area contributed by atoms with E-state index in [0.717, 1.165) is 16.7 Å². The molecule has 0 N–H and O–H groups in total. The molecule has 0 fully saturated rings. The highest BCUT2D eigenvalue weighted by atomic mass is 35.5. The Morgan fingerprint density at radius 3 is 2.64 bits per heavy atom. The number of halogens is 1. The molecule has 0 saturated carbocycles. The molecule has 0 radical (unpaired) electrons. The Morgan fingerprint density at radius 1 is 1.27 bits per heavy atom. The predicted octanol–water partition coefficient (Wildman–Crippen LogP) is 5.28. The second kappa shape index (κ2) is 7.49. The number of hydrogen-bond donors (Lipinski definition) is 0. The molecule has 110 valence electrons. The average molecular weight is 310 g/mol. The SMILES string of the molecule is C=CCOc1ccc(Cl)cc1/C=C(\C#N)c1ccc(C)cc1. The van der Waals surface area contributed by atoms with Crippen LogP contribution in [0.1, 0.15) is 16.7 Å². The van der Waals surface area contributed by atoms with Crippen molar-refractivity contribution in [1.29, 1.82) is 5.26 Å². The Bertz CT molecular complexity index is 739. The lowest BCUT2D eigenvalue weighted by Gasteiger charge is -2.08. The van der Waals surface area contributed by atoms with Crippen molar-refractivity contribution in [3.63, 3.8) is 0 Å². The van der Waals surface area contributed by atoms with E-state index >= 15 is 0 Å². The summed E-state index contributed by atoms with van der Waals surface area (Å²) in [5.41, 5.74) is 3.35. The van der Waals surface area contributed by atoms with Crippen LogP contribution in [0.15, 0.2) is 55.1 Å². The first-order valence-electron chi connectivity index (χ1n) is 6.86. The lowest BCUT2D eigenvalue weighted by atomic mass is 10.0. The Labute approximate surface area is 135 Å². The van der Waals surface area contributed by atoms with Gasteiger partial charge in [-0.1, -0.05) is 54.1 Å². The Kier molecular flexibility index (Phi) is 5.41. The minimum absolute atomic E-state index is 0.398. The number of rotatable bonds is 5. The fourth-order valence-corrected chi connectivity index (χ4v) is 2.16. The van der Waals surface area contributed by atoms with E-state index in [9.17, 15) is 5.26 Å². The van der Waals surface area contributed by atoms with Crippen LogP contribution < -0.4 is 4.74 Å². The second-order valence-electron chi connectivity index (χ2n) is 4.82. The molecule has 0 aromatic heterocycles. The third-order valence-electron chi connectivity index (χ3n) is 3.11. The summed E-state index contributed by atoms with van der Waals surface area (Å²) in [6.45, 7) is 6.05. The van der Waals surface area contributed by atoms with Gasteiger partial charge in [-0.3, -0.25) is 0 Å². The highest BCUT2D eigenvalue weighted by Crippen LogP contribution is 2.27. The van der Waals surface area contributed by atoms with Crippen molar-refractivity contribution in [3.8, 4) is 11.8 Å². The van der Waals surface area contributed by atoms with Gasteiger partial charge in [0.2, 0.25) is 0 Å². The van der Waals surface area contributed by atoms with Gasteiger partial charge < -0.3 is 4.74 Å². The van der Waals surface area contributed by atoms with Crippen LogP contribution in [0.4, 0.5) is 0 Å².